The Bertz CT molecular complexity index is 1440. The third kappa shape index (κ3) is 5.03. The number of anilines is 2. The largest absolute Gasteiger partial charge is 0.390 e. The fourth-order valence-corrected chi connectivity index (χ4v) is 4.80. The average molecular weight is 508 g/mol. The Morgan fingerprint density at radius 3 is 2.49 bits per heavy atom. The molecule has 0 spiro atoms. The van der Waals surface area contributed by atoms with Crippen LogP contribution >= 0.6 is 0 Å². The summed E-state index contributed by atoms with van der Waals surface area (Å²) in [4.78, 5) is 19.4. The third-order valence-corrected chi connectivity index (χ3v) is 6.89. The van der Waals surface area contributed by atoms with Gasteiger partial charge in [0.25, 0.3) is 0 Å². The molecular formula is C27H31F2N7O. The van der Waals surface area contributed by atoms with E-state index in [4.69, 9.17) is 0 Å². The Labute approximate surface area is 214 Å². The fraction of sp³-hybridized carbons (Fsp3) is 0.407. The summed E-state index contributed by atoms with van der Waals surface area (Å²) in [5, 5.41) is 13.1. The van der Waals surface area contributed by atoms with E-state index in [0.29, 0.717) is 22.7 Å². The molecule has 0 radical (unpaired) electrons. The minimum Gasteiger partial charge on any atom is -0.390 e. The van der Waals surface area contributed by atoms with Crippen molar-refractivity contribution in [2.75, 3.05) is 18.4 Å². The minimum absolute atomic E-state index is 0.0109. The molecule has 0 bridgehead atoms. The van der Waals surface area contributed by atoms with Crippen molar-refractivity contribution in [2.24, 2.45) is 5.92 Å². The van der Waals surface area contributed by atoms with Crippen LogP contribution in [0.4, 0.5) is 20.5 Å². The van der Waals surface area contributed by atoms with Crippen molar-refractivity contribution in [3.05, 3.63) is 59.7 Å². The Balaban J connectivity index is 1.34. The van der Waals surface area contributed by atoms with Crippen LogP contribution in [0.25, 0.3) is 22.3 Å². The number of rotatable bonds is 7. The lowest BCUT2D eigenvalue weighted by atomic mass is 9.84. The maximum absolute atomic E-state index is 14.9. The molecule has 5 rings (SSSR count). The van der Waals surface area contributed by atoms with Gasteiger partial charge in [-0.15, -0.1) is 0 Å². The van der Waals surface area contributed by atoms with Gasteiger partial charge in [0.1, 0.15) is 22.9 Å². The molecule has 0 saturated carbocycles. The van der Waals surface area contributed by atoms with Crippen LogP contribution in [0.1, 0.15) is 45.1 Å². The number of fused-ring (bicyclic) bond motifs is 1. The summed E-state index contributed by atoms with van der Waals surface area (Å²) < 4.78 is 31.6. The molecule has 8 nitrogen and oxygen atoms in total. The highest BCUT2D eigenvalue weighted by atomic mass is 19.1. The summed E-state index contributed by atoms with van der Waals surface area (Å²) in [5.41, 5.74) is 1.51. The number of hydrogen-bond acceptors (Lipinski definition) is 7. The van der Waals surface area contributed by atoms with Gasteiger partial charge in [-0.2, -0.15) is 0 Å². The Hall–Kier alpha value is -3.50. The molecule has 0 unspecified atom stereocenters. The molecule has 1 aliphatic heterocycles. The van der Waals surface area contributed by atoms with Gasteiger partial charge in [0.05, 0.1) is 17.3 Å². The highest BCUT2D eigenvalue weighted by molar-refractivity contribution is 5.83. The van der Waals surface area contributed by atoms with E-state index in [-0.39, 0.29) is 29.1 Å². The van der Waals surface area contributed by atoms with Crippen LogP contribution in [-0.2, 0) is 6.54 Å². The molecule has 0 atom stereocenters. The topological polar surface area (TPSA) is 92.0 Å². The number of aromatic nitrogens is 5. The second-order valence-electron chi connectivity index (χ2n) is 10.6. The van der Waals surface area contributed by atoms with Crippen molar-refractivity contribution in [3.63, 3.8) is 0 Å². The predicted octanol–water partition coefficient (Wildman–Crippen LogP) is 5.00. The zero-order valence-corrected chi connectivity index (χ0v) is 21.6. The third-order valence-electron chi connectivity index (χ3n) is 6.89. The first-order chi connectivity index (χ1) is 17.5. The molecule has 4 heterocycles. The van der Waals surface area contributed by atoms with Gasteiger partial charge < -0.3 is 15.0 Å². The molecule has 0 aliphatic carbocycles. The van der Waals surface area contributed by atoms with Crippen molar-refractivity contribution >= 4 is 22.8 Å². The summed E-state index contributed by atoms with van der Waals surface area (Å²) in [7, 11) is 0. The molecule has 4 aromatic rings. The van der Waals surface area contributed by atoms with Gasteiger partial charge in [0.2, 0.25) is 5.95 Å². The van der Waals surface area contributed by atoms with E-state index < -0.39 is 17.2 Å². The molecule has 0 amide bonds. The minimum atomic E-state index is -0.664. The maximum Gasteiger partial charge on any atom is 0.229 e. The van der Waals surface area contributed by atoms with E-state index in [0.717, 1.165) is 31.4 Å². The van der Waals surface area contributed by atoms with E-state index in [1.54, 1.807) is 12.3 Å². The molecule has 194 valence electrons. The first-order valence-corrected chi connectivity index (χ1v) is 12.4. The molecule has 1 fully saturated rings. The zero-order chi connectivity index (χ0) is 26.5. The number of likely N-dealkylation sites (tertiary alicyclic amines) is 1. The smallest absolute Gasteiger partial charge is 0.229 e. The second kappa shape index (κ2) is 9.42. The highest BCUT2D eigenvalue weighted by Crippen LogP contribution is 2.31. The Morgan fingerprint density at radius 2 is 1.84 bits per heavy atom. The van der Waals surface area contributed by atoms with E-state index >= 15 is 0 Å². The van der Waals surface area contributed by atoms with Crippen LogP contribution in [0.2, 0.25) is 0 Å². The number of aryl methyl sites for hydroxylation is 1. The average Bonchev–Trinajstić information content (AvgIpc) is 3.14. The molecule has 1 aromatic carbocycles. The monoisotopic (exact) mass is 507 g/mol. The van der Waals surface area contributed by atoms with Crippen LogP contribution in [0, 0.1) is 24.5 Å². The van der Waals surface area contributed by atoms with E-state index in [1.165, 1.54) is 6.07 Å². The lowest BCUT2D eigenvalue weighted by Gasteiger charge is -2.45. The van der Waals surface area contributed by atoms with Gasteiger partial charge in [-0.3, -0.25) is 4.90 Å². The van der Waals surface area contributed by atoms with Gasteiger partial charge >= 0.3 is 0 Å². The quantitative estimate of drug-likeness (QED) is 0.364. The SMILES string of the molecule is Cc1nc2c(F)cc(-c3nc(Nc4ccc(CN5CC(C(C)(C)O)C5)cn4)ncc3F)cc2n1C(C)C. The van der Waals surface area contributed by atoms with Crippen molar-refractivity contribution in [2.45, 2.75) is 52.8 Å². The summed E-state index contributed by atoms with van der Waals surface area (Å²) in [6.45, 7) is 11.9. The molecule has 3 aromatic heterocycles. The molecule has 1 aliphatic rings. The molecule has 2 N–H and O–H groups in total. The maximum atomic E-state index is 14.9. The van der Waals surface area contributed by atoms with Gasteiger partial charge in [0, 0.05) is 43.4 Å². The Kier molecular flexibility index (Phi) is 6.41. The van der Waals surface area contributed by atoms with Crippen molar-refractivity contribution in [1.82, 2.24) is 29.4 Å². The normalized spacial score (nSPS) is 14.9. The molecular weight excluding hydrogens is 476 g/mol. The number of hydrogen-bond donors (Lipinski definition) is 2. The summed E-state index contributed by atoms with van der Waals surface area (Å²) >= 11 is 0. The fourth-order valence-electron chi connectivity index (χ4n) is 4.80. The zero-order valence-electron chi connectivity index (χ0n) is 21.6. The van der Waals surface area contributed by atoms with Crippen LogP contribution < -0.4 is 5.32 Å². The standard InChI is InChI=1S/C27H31F2N7O/c1-15(2)36-16(3)32-25-20(28)8-18(9-22(25)36)24-21(29)11-31-26(34-24)33-23-7-6-17(10-30-23)12-35-13-19(14-35)27(4,5)37/h6-11,15,19,37H,12-14H2,1-5H3,(H,30,31,33,34). The van der Waals surface area contributed by atoms with Gasteiger partial charge in [-0.05, 0) is 58.4 Å². The van der Waals surface area contributed by atoms with Crippen LogP contribution in [-0.4, -0.2) is 53.2 Å². The Morgan fingerprint density at radius 1 is 1.08 bits per heavy atom. The van der Waals surface area contributed by atoms with Gasteiger partial charge in [0.15, 0.2) is 11.6 Å². The highest BCUT2D eigenvalue weighted by Gasteiger charge is 2.37. The van der Waals surface area contributed by atoms with Crippen molar-refractivity contribution in [3.8, 4) is 11.3 Å². The lowest BCUT2D eigenvalue weighted by Crippen LogP contribution is -2.55. The molecule has 10 heteroatoms. The number of benzene rings is 1. The van der Waals surface area contributed by atoms with Crippen molar-refractivity contribution < 1.29 is 13.9 Å². The number of imidazole rings is 1. The molecule has 37 heavy (non-hydrogen) atoms. The number of pyridine rings is 1. The number of nitrogens with zero attached hydrogens (tertiary/aromatic N) is 6. The van der Waals surface area contributed by atoms with Crippen LogP contribution in [0.3, 0.4) is 0 Å². The first-order valence-electron chi connectivity index (χ1n) is 12.4. The van der Waals surface area contributed by atoms with E-state index in [2.05, 4.69) is 30.2 Å². The molecule has 1 saturated heterocycles. The summed E-state index contributed by atoms with van der Waals surface area (Å²) in [5.74, 6) is 0.438. The first kappa shape index (κ1) is 25.2. The van der Waals surface area contributed by atoms with E-state index in [9.17, 15) is 13.9 Å². The number of nitrogens with one attached hydrogen (secondary N) is 1. The summed E-state index contributed by atoms with van der Waals surface area (Å²) in [6.07, 6.45) is 2.83. The van der Waals surface area contributed by atoms with Crippen LogP contribution in [0.5, 0.6) is 0 Å². The number of aliphatic hydroxyl groups is 1. The van der Waals surface area contributed by atoms with Gasteiger partial charge in [-0.1, -0.05) is 6.07 Å². The van der Waals surface area contributed by atoms with Crippen molar-refractivity contribution in [1.29, 1.82) is 0 Å². The van der Waals surface area contributed by atoms with E-state index in [1.807, 2.05) is 51.3 Å². The predicted molar refractivity (Wildman–Crippen MR) is 138 cm³/mol. The summed E-state index contributed by atoms with van der Waals surface area (Å²) in [6, 6.07) is 6.78. The second-order valence-corrected chi connectivity index (χ2v) is 10.6. The number of halogens is 2. The van der Waals surface area contributed by atoms with Crippen LogP contribution in [0.15, 0.2) is 36.7 Å². The van der Waals surface area contributed by atoms with Gasteiger partial charge in [-0.25, -0.2) is 28.7 Å². The lowest BCUT2D eigenvalue weighted by molar-refractivity contribution is -0.0648.